The van der Waals surface area contributed by atoms with Gasteiger partial charge in [-0.15, -0.1) is 0 Å². The number of carbonyl (C=O) groups excluding carboxylic acids is 2. The Kier molecular flexibility index (Phi) is 4.27. The molecule has 6 heteroatoms. The molecule has 0 saturated carbocycles. The molecule has 2 aromatic carbocycles. The number of nitrogens with one attached hydrogen (secondary N) is 1. The molecule has 3 N–H and O–H groups in total. The van der Waals surface area contributed by atoms with Crippen molar-refractivity contribution in [2.45, 2.75) is 6.04 Å². The van der Waals surface area contributed by atoms with Gasteiger partial charge in [0.1, 0.15) is 11.7 Å². The van der Waals surface area contributed by atoms with Gasteiger partial charge >= 0.3 is 0 Å². The number of amides is 2. The fourth-order valence-electron chi connectivity index (χ4n) is 2.76. The smallest absolute Gasteiger partial charge is 0.270 e. The number of hydrogen-bond donors (Lipinski definition) is 2. The summed E-state index contributed by atoms with van der Waals surface area (Å²) < 4.78 is 1.70. The van der Waals surface area contributed by atoms with Gasteiger partial charge in [-0.1, -0.05) is 60.1 Å². The molecule has 1 heterocycles. The van der Waals surface area contributed by atoms with E-state index in [0.29, 0.717) is 16.3 Å². The van der Waals surface area contributed by atoms with Crippen LogP contribution in [-0.2, 0) is 11.8 Å². The molecule has 122 valence electrons. The number of rotatable bonds is 4. The SMILES string of the molecule is Cn1c(C(=O)N[C@@H](C(N)=O)c2ccccc2)c(Cl)c2ccccc21. The zero-order valence-corrected chi connectivity index (χ0v) is 13.7. The van der Waals surface area contributed by atoms with E-state index in [1.54, 1.807) is 35.9 Å². The maximum absolute atomic E-state index is 12.7. The summed E-state index contributed by atoms with van der Waals surface area (Å²) in [5.74, 6) is -1.09. The predicted octanol–water partition coefficient (Wildman–Crippen LogP) is 2.79. The molecule has 24 heavy (non-hydrogen) atoms. The molecular weight excluding hydrogens is 326 g/mol. The van der Waals surface area contributed by atoms with Crippen LogP contribution >= 0.6 is 11.6 Å². The van der Waals surface area contributed by atoms with E-state index in [1.165, 1.54) is 0 Å². The molecule has 0 bridgehead atoms. The van der Waals surface area contributed by atoms with Gasteiger partial charge in [0.2, 0.25) is 5.91 Å². The minimum absolute atomic E-state index is 0.292. The summed E-state index contributed by atoms with van der Waals surface area (Å²) in [5, 5.41) is 3.80. The zero-order chi connectivity index (χ0) is 17.3. The van der Waals surface area contributed by atoms with E-state index < -0.39 is 17.9 Å². The fourth-order valence-corrected chi connectivity index (χ4v) is 3.14. The number of nitrogens with two attached hydrogens (primary N) is 1. The van der Waals surface area contributed by atoms with Gasteiger partial charge in [-0.25, -0.2) is 0 Å². The van der Waals surface area contributed by atoms with Gasteiger partial charge < -0.3 is 15.6 Å². The van der Waals surface area contributed by atoms with Crippen molar-refractivity contribution >= 4 is 34.3 Å². The second-order valence-electron chi connectivity index (χ2n) is 5.46. The first-order valence-corrected chi connectivity index (χ1v) is 7.76. The molecule has 0 unspecified atom stereocenters. The van der Waals surface area contributed by atoms with Crippen molar-refractivity contribution in [2.24, 2.45) is 12.8 Å². The van der Waals surface area contributed by atoms with Crippen LogP contribution in [0.1, 0.15) is 22.1 Å². The highest BCUT2D eigenvalue weighted by molar-refractivity contribution is 6.38. The van der Waals surface area contributed by atoms with Crippen molar-refractivity contribution in [1.82, 2.24) is 9.88 Å². The second-order valence-corrected chi connectivity index (χ2v) is 5.84. The number of halogens is 1. The number of aromatic nitrogens is 1. The van der Waals surface area contributed by atoms with E-state index in [4.69, 9.17) is 17.3 Å². The van der Waals surface area contributed by atoms with Crippen LogP contribution in [0.15, 0.2) is 54.6 Å². The highest BCUT2D eigenvalue weighted by Gasteiger charge is 2.25. The van der Waals surface area contributed by atoms with Gasteiger partial charge in [-0.05, 0) is 11.6 Å². The summed E-state index contributed by atoms with van der Waals surface area (Å²) in [4.78, 5) is 24.5. The minimum atomic E-state index is -0.923. The minimum Gasteiger partial charge on any atom is -0.368 e. The molecule has 3 aromatic rings. The van der Waals surface area contributed by atoms with Crippen molar-refractivity contribution in [3.8, 4) is 0 Å². The average Bonchev–Trinajstić information content (AvgIpc) is 2.84. The average molecular weight is 342 g/mol. The summed E-state index contributed by atoms with van der Waals surface area (Å²) in [5.41, 5.74) is 7.20. The summed E-state index contributed by atoms with van der Waals surface area (Å²) in [6.07, 6.45) is 0. The number of hydrogen-bond acceptors (Lipinski definition) is 2. The number of nitrogens with zero attached hydrogens (tertiary/aromatic N) is 1. The van der Waals surface area contributed by atoms with Crippen molar-refractivity contribution in [3.05, 3.63) is 70.9 Å². The van der Waals surface area contributed by atoms with Gasteiger partial charge in [0.25, 0.3) is 5.91 Å². The van der Waals surface area contributed by atoms with Crippen LogP contribution in [0.3, 0.4) is 0 Å². The van der Waals surface area contributed by atoms with Crippen molar-refractivity contribution < 1.29 is 9.59 Å². The zero-order valence-electron chi connectivity index (χ0n) is 13.0. The van der Waals surface area contributed by atoms with E-state index in [-0.39, 0.29) is 0 Å². The molecule has 0 fully saturated rings. The van der Waals surface area contributed by atoms with E-state index in [2.05, 4.69) is 5.32 Å². The van der Waals surface area contributed by atoms with Crippen molar-refractivity contribution in [3.63, 3.8) is 0 Å². The van der Waals surface area contributed by atoms with Gasteiger partial charge in [0.05, 0.1) is 5.02 Å². The molecule has 0 radical (unpaired) electrons. The third-order valence-electron chi connectivity index (χ3n) is 3.95. The lowest BCUT2D eigenvalue weighted by atomic mass is 10.1. The summed E-state index contributed by atoms with van der Waals surface area (Å²) in [6, 6.07) is 15.4. The Balaban J connectivity index is 1.99. The van der Waals surface area contributed by atoms with Crippen LogP contribution in [0, 0.1) is 0 Å². The third-order valence-corrected chi connectivity index (χ3v) is 4.34. The van der Waals surface area contributed by atoms with Crippen LogP contribution in [-0.4, -0.2) is 16.4 Å². The predicted molar refractivity (Wildman–Crippen MR) is 93.8 cm³/mol. The van der Waals surface area contributed by atoms with E-state index in [1.807, 2.05) is 30.3 Å². The van der Waals surface area contributed by atoms with Gasteiger partial charge in [-0.3, -0.25) is 9.59 Å². The number of fused-ring (bicyclic) bond motifs is 1. The molecule has 2 amide bonds. The number of benzene rings is 2. The Bertz CT molecular complexity index is 880. The monoisotopic (exact) mass is 341 g/mol. The summed E-state index contributed by atoms with van der Waals surface area (Å²) in [7, 11) is 1.75. The van der Waals surface area contributed by atoms with Crippen molar-refractivity contribution in [1.29, 1.82) is 0 Å². The Hall–Kier alpha value is -2.79. The largest absolute Gasteiger partial charge is 0.368 e. The lowest BCUT2D eigenvalue weighted by Crippen LogP contribution is -2.38. The molecule has 1 atom stereocenters. The number of aryl methyl sites for hydroxylation is 1. The van der Waals surface area contributed by atoms with Gasteiger partial charge in [0.15, 0.2) is 0 Å². The third kappa shape index (κ3) is 2.74. The number of primary amides is 1. The molecule has 1 aromatic heterocycles. The molecule has 0 aliphatic carbocycles. The highest BCUT2D eigenvalue weighted by Crippen LogP contribution is 2.30. The topological polar surface area (TPSA) is 77.1 Å². The van der Waals surface area contributed by atoms with Crippen molar-refractivity contribution in [2.75, 3.05) is 0 Å². The molecule has 0 aliphatic heterocycles. The molecular formula is C18H16ClN3O2. The van der Waals surface area contributed by atoms with Crippen LogP contribution in [0.5, 0.6) is 0 Å². The maximum atomic E-state index is 12.7. The Labute approximate surface area is 144 Å². The Morgan fingerprint density at radius 1 is 1.08 bits per heavy atom. The number of para-hydroxylation sites is 1. The maximum Gasteiger partial charge on any atom is 0.270 e. The second kappa shape index (κ2) is 6.37. The number of carbonyl (C=O) groups is 2. The van der Waals surface area contributed by atoms with Crippen LogP contribution in [0.2, 0.25) is 5.02 Å². The summed E-state index contributed by atoms with van der Waals surface area (Å²) in [6.45, 7) is 0. The Morgan fingerprint density at radius 2 is 1.71 bits per heavy atom. The summed E-state index contributed by atoms with van der Waals surface area (Å²) >= 11 is 6.37. The van der Waals surface area contributed by atoms with Gasteiger partial charge in [0, 0.05) is 18.0 Å². The van der Waals surface area contributed by atoms with E-state index in [9.17, 15) is 9.59 Å². The normalized spacial score (nSPS) is 12.1. The molecule has 0 saturated heterocycles. The lowest BCUT2D eigenvalue weighted by molar-refractivity contribution is -0.120. The first-order valence-electron chi connectivity index (χ1n) is 7.38. The van der Waals surface area contributed by atoms with E-state index >= 15 is 0 Å². The molecule has 0 spiro atoms. The Morgan fingerprint density at radius 3 is 2.33 bits per heavy atom. The van der Waals surface area contributed by atoms with Gasteiger partial charge in [-0.2, -0.15) is 0 Å². The molecule has 5 nitrogen and oxygen atoms in total. The first kappa shape index (κ1) is 16.1. The fraction of sp³-hybridized carbons (Fsp3) is 0.111. The quantitative estimate of drug-likeness (QED) is 0.765. The first-order chi connectivity index (χ1) is 11.5. The van der Waals surface area contributed by atoms with Crippen LogP contribution < -0.4 is 11.1 Å². The lowest BCUT2D eigenvalue weighted by Gasteiger charge is -2.16. The van der Waals surface area contributed by atoms with Crippen LogP contribution in [0.4, 0.5) is 0 Å². The highest BCUT2D eigenvalue weighted by atomic mass is 35.5. The standard InChI is InChI=1S/C18H16ClN3O2/c1-22-13-10-6-5-9-12(13)14(19)16(22)18(24)21-15(17(20)23)11-7-3-2-4-8-11/h2-10,15H,1H3,(H2,20,23)(H,21,24)/t15-/m1/s1. The van der Waals surface area contributed by atoms with E-state index in [0.717, 1.165) is 10.9 Å². The van der Waals surface area contributed by atoms with Crippen LogP contribution in [0.25, 0.3) is 10.9 Å². The molecule has 0 aliphatic rings. The molecule has 3 rings (SSSR count).